The third kappa shape index (κ3) is 4.16. The van der Waals surface area contributed by atoms with Crippen LogP contribution >= 0.6 is 0 Å². The number of ether oxygens (including phenoxy) is 1. The molecular formula is C15H24N2O2. The van der Waals surface area contributed by atoms with Crippen LogP contribution in [0.3, 0.4) is 0 Å². The number of nitrogens with zero attached hydrogens (tertiary/aromatic N) is 1. The molecular weight excluding hydrogens is 240 g/mol. The number of esters is 1. The highest BCUT2D eigenvalue weighted by atomic mass is 16.5. The standard InChI is InChI=1S/C15H24N2O2/c1-5-11(3)10-17(4)14-8-7-12(16)9-13(14)15(18)19-6-2/h7-9,11H,5-6,10,16H2,1-4H3. The van der Waals surface area contributed by atoms with Crippen molar-refractivity contribution < 1.29 is 9.53 Å². The Morgan fingerprint density at radius 1 is 1.42 bits per heavy atom. The van der Waals surface area contributed by atoms with Crippen molar-refractivity contribution in [3.8, 4) is 0 Å². The third-order valence-electron chi connectivity index (χ3n) is 3.21. The van der Waals surface area contributed by atoms with E-state index in [1.165, 1.54) is 0 Å². The molecule has 0 fully saturated rings. The van der Waals surface area contributed by atoms with Gasteiger partial charge in [-0.3, -0.25) is 0 Å². The van der Waals surface area contributed by atoms with E-state index in [-0.39, 0.29) is 5.97 Å². The minimum Gasteiger partial charge on any atom is -0.462 e. The number of carbonyl (C=O) groups excluding carboxylic acids is 1. The van der Waals surface area contributed by atoms with E-state index in [1.54, 1.807) is 13.0 Å². The van der Waals surface area contributed by atoms with Crippen molar-refractivity contribution in [1.29, 1.82) is 0 Å². The molecule has 0 spiro atoms. The van der Waals surface area contributed by atoms with Gasteiger partial charge in [0.2, 0.25) is 0 Å². The van der Waals surface area contributed by atoms with E-state index >= 15 is 0 Å². The molecule has 1 aromatic carbocycles. The largest absolute Gasteiger partial charge is 0.462 e. The molecule has 19 heavy (non-hydrogen) atoms. The van der Waals surface area contributed by atoms with Gasteiger partial charge in [0.1, 0.15) is 0 Å². The summed E-state index contributed by atoms with van der Waals surface area (Å²) in [7, 11) is 1.99. The number of nitrogens with two attached hydrogens (primary N) is 1. The molecule has 106 valence electrons. The maximum Gasteiger partial charge on any atom is 0.340 e. The maximum atomic E-state index is 12.0. The quantitative estimate of drug-likeness (QED) is 0.634. The minimum absolute atomic E-state index is 0.319. The van der Waals surface area contributed by atoms with E-state index in [2.05, 4.69) is 18.7 Å². The van der Waals surface area contributed by atoms with Crippen LogP contribution in [0.1, 0.15) is 37.6 Å². The summed E-state index contributed by atoms with van der Waals surface area (Å²) in [6.07, 6.45) is 1.11. The Bertz CT molecular complexity index is 432. The number of hydrogen-bond donors (Lipinski definition) is 1. The fraction of sp³-hybridized carbons (Fsp3) is 0.533. The van der Waals surface area contributed by atoms with Crippen molar-refractivity contribution in [2.45, 2.75) is 27.2 Å². The van der Waals surface area contributed by atoms with E-state index in [0.717, 1.165) is 18.7 Å². The fourth-order valence-electron chi connectivity index (χ4n) is 1.95. The summed E-state index contributed by atoms with van der Waals surface area (Å²) in [5.74, 6) is 0.249. The van der Waals surface area contributed by atoms with Crippen molar-refractivity contribution in [1.82, 2.24) is 0 Å². The van der Waals surface area contributed by atoms with Gasteiger partial charge in [-0.05, 0) is 31.0 Å². The van der Waals surface area contributed by atoms with Gasteiger partial charge in [-0.15, -0.1) is 0 Å². The normalized spacial score (nSPS) is 12.0. The lowest BCUT2D eigenvalue weighted by Gasteiger charge is -2.25. The second-order valence-corrected chi connectivity index (χ2v) is 4.89. The lowest BCUT2D eigenvalue weighted by molar-refractivity contribution is 0.0527. The zero-order chi connectivity index (χ0) is 14.4. The van der Waals surface area contributed by atoms with Gasteiger partial charge >= 0.3 is 5.97 Å². The van der Waals surface area contributed by atoms with E-state index in [4.69, 9.17) is 10.5 Å². The maximum absolute atomic E-state index is 12.0. The van der Waals surface area contributed by atoms with Crippen molar-refractivity contribution in [2.24, 2.45) is 5.92 Å². The van der Waals surface area contributed by atoms with Crippen LogP contribution in [0.25, 0.3) is 0 Å². The van der Waals surface area contributed by atoms with Crippen LogP contribution in [0.5, 0.6) is 0 Å². The predicted molar refractivity (Wildman–Crippen MR) is 79.5 cm³/mol. The smallest absolute Gasteiger partial charge is 0.340 e. The van der Waals surface area contributed by atoms with E-state index in [9.17, 15) is 4.79 Å². The second kappa shape index (κ2) is 7.02. The van der Waals surface area contributed by atoms with Crippen molar-refractivity contribution >= 4 is 17.3 Å². The van der Waals surface area contributed by atoms with Crippen LogP contribution in [0, 0.1) is 5.92 Å². The van der Waals surface area contributed by atoms with Crippen LogP contribution in [0.4, 0.5) is 11.4 Å². The molecule has 4 nitrogen and oxygen atoms in total. The Labute approximate surface area is 115 Å². The molecule has 1 aromatic rings. The topological polar surface area (TPSA) is 55.6 Å². The molecule has 0 radical (unpaired) electrons. The van der Waals surface area contributed by atoms with E-state index in [0.29, 0.717) is 23.8 Å². The Kier molecular flexibility index (Phi) is 5.67. The van der Waals surface area contributed by atoms with Crippen molar-refractivity contribution in [2.75, 3.05) is 30.8 Å². The zero-order valence-electron chi connectivity index (χ0n) is 12.3. The van der Waals surface area contributed by atoms with Crippen LogP contribution < -0.4 is 10.6 Å². The van der Waals surface area contributed by atoms with Gasteiger partial charge in [0.05, 0.1) is 17.9 Å². The average molecular weight is 264 g/mol. The number of nitrogen functional groups attached to an aromatic ring is 1. The van der Waals surface area contributed by atoms with Gasteiger partial charge in [-0.2, -0.15) is 0 Å². The van der Waals surface area contributed by atoms with Gasteiger partial charge in [0, 0.05) is 19.3 Å². The van der Waals surface area contributed by atoms with Crippen LogP contribution in [0.15, 0.2) is 18.2 Å². The summed E-state index contributed by atoms with van der Waals surface area (Å²) in [5, 5.41) is 0. The summed E-state index contributed by atoms with van der Waals surface area (Å²) >= 11 is 0. The second-order valence-electron chi connectivity index (χ2n) is 4.89. The Morgan fingerprint density at radius 2 is 2.11 bits per heavy atom. The monoisotopic (exact) mass is 264 g/mol. The minimum atomic E-state index is -0.319. The molecule has 1 atom stereocenters. The molecule has 0 bridgehead atoms. The lowest BCUT2D eigenvalue weighted by atomic mass is 10.1. The average Bonchev–Trinajstić information content (AvgIpc) is 2.38. The molecule has 0 aliphatic carbocycles. The first-order valence-corrected chi connectivity index (χ1v) is 6.77. The zero-order valence-corrected chi connectivity index (χ0v) is 12.3. The Balaban J connectivity index is 3.02. The molecule has 1 unspecified atom stereocenters. The molecule has 0 amide bonds. The molecule has 0 aliphatic heterocycles. The summed E-state index contributed by atoms with van der Waals surface area (Å²) < 4.78 is 5.08. The first kappa shape index (κ1) is 15.3. The fourth-order valence-corrected chi connectivity index (χ4v) is 1.95. The molecule has 0 aromatic heterocycles. The lowest BCUT2D eigenvalue weighted by Crippen LogP contribution is -2.25. The van der Waals surface area contributed by atoms with Crippen LogP contribution in [-0.2, 0) is 4.74 Å². The van der Waals surface area contributed by atoms with Crippen molar-refractivity contribution in [3.63, 3.8) is 0 Å². The van der Waals surface area contributed by atoms with Gasteiger partial charge in [-0.1, -0.05) is 20.3 Å². The SMILES string of the molecule is CCOC(=O)c1cc(N)ccc1N(C)CC(C)CC. The molecule has 4 heteroatoms. The van der Waals surface area contributed by atoms with Gasteiger partial charge in [0.25, 0.3) is 0 Å². The predicted octanol–water partition coefficient (Wildman–Crippen LogP) is 2.93. The van der Waals surface area contributed by atoms with Gasteiger partial charge in [-0.25, -0.2) is 4.79 Å². The van der Waals surface area contributed by atoms with Gasteiger partial charge in [0.15, 0.2) is 0 Å². The van der Waals surface area contributed by atoms with Crippen LogP contribution in [-0.4, -0.2) is 26.2 Å². The van der Waals surface area contributed by atoms with E-state index < -0.39 is 0 Å². The number of benzene rings is 1. The number of rotatable bonds is 6. The number of hydrogen-bond acceptors (Lipinski definition) is 4. The number of anilines is 2. The summed E-state index contributed by atoms with van der Waals surface area (Å²) in [4.78, 5) is 14.1. The molecule has 0 saturated heterocycles. The Hall–Kier alpha value is -1.71. The van der Waals surface area contributed by atoms with Gasteiger partial charge < -0.3 is 15.4 Å². The van der Waals surface area contributed by atoms with Crippen LogP contribution in [0.2, 0.25) is 0 Å². The molecule has 1 rings (SSSR count). The summed E-state index contributed by atoms with van der Waals surface area (Å²) in [6, 6.07) is 5.37. The number of carbonyl (C=O) groups is 1. The molecule has 0 heterocycles. The van der Waals surface area contributed by atoms with Crippen molar-refractivity contribution in [3.05, 3.63) is 23.8 Å². The first-order valence-electron chi connectivity index (χ1n) is 6.77. The third-order valence-corrected chi connectivity index (χ3v) is 3.21. The van der Waals surface area contributed by atoms with E-state index in [1.807, 2.05) is 19.2 Å². The highest BCUT2D eigenvalue weighted by molar-refractivity contribution is 5.97. The summed E-state index contributed by atoms with van der Waals surface area (Å²) in [5.41, 5.74) is 7.74. The molecule has 0 saturated carbocycles. The summed E-state index contributed by atoms with van der Waals surface area (Å²) in [6.45, 7) is 7.41. The molecule has 0 aliphatic rings. The highest BCUT2D eigenvalue weighted by Crippen LogP contribution is 2.24. The first-order chi connectivity index (χ1) is 8.99. The Morgan fingerprint density at radius 3 is 2.68 bits per heavy atom. The highest BCUT2D eigenvalue weighted by Gasteiger charge is 2.16. The molecule has 2 N–H and O–H groups in total.